The molecule has 1 aromatic rings. The van der Waals surface area contributed by atoms with E-state index in [4.69, 9.17) is 4.74 Å². The van der Waals surface area contributed by atoms with Crippen molar-refractivity contribution in [3.63, 3.8) is 0 Å². The topological polar surface area (TPSA) is 58.6 Å². The molecule has 1 aliphatic rings. The molecule has 0 atom stereocenters. The molecular formula is C18H26N2O3. The van der Waals surface area contributed by atoms with Gasteiger partial charge in [0.05, 0.1) is 7.11 Å². The Kier molecular flexibility index (Phi) is 5.64. The number of likely N-dealkylation sites (tertiary alicyclic amines) is 1. The van der Waals surface area contributed by atoms with Crippen LogP contribution < -0.4 is 10.1 Å². The molecule has 0 aromatic heterocycles. The third kappa shape index (κ3) is 4.24. The minimum Gasteiger partial charge on any atom is -0.497 e. The summed E-state index contributed by atoms with van der Waals surface area (Å²) in [4.78, 5) is 26.6. The summed E-state index contributed by atoms with van der Waals surface area (Å²) in [7, 11) is 1.63. The highest BCUT2D eigenvalue weighted by atomic mass is 16.5. The molecule has 0 aliphatic carbocycles. The summed E-state index contributed by atoms with van der Waals surface area (Å²) in [6.07, 6.45) is 2.78. The summed E-state index contributed by atoms with van der Waals surface area (Å²) < 4.78 is 5.12. The van der Waals surface area contributed by atoms with Gasteiger partial charge in [-0.05, 0) is 50.8 Å². The van der Waals surface area contributed by atoms with Crippen LogP contribution in [-0.2, 0) is 16.0 Å². The van der Waals surface area contributed by atoms with Gasteiger partial charge in [-0.25, -0.2) is 0 Å². The first kappa shape index (κ1) is 17.3. The Morgan fingerprint density at radius 3 is 2.35 bits per heavy atom. The van der Waals surface area contributed by atoms with Crippen molar-refractivity contribution in [3.05, 3.63) is 29.8 Å². The standard InChI is InChI=1S/C18H26N2O3/c1-18(2,17(22)20-12-4-5-13-20)16(21)19-11-10-14-6-8-15(23-3)9-7-14/h6-9H,4-5,10-13H2,1-3H3,(H,19,21). The number of benzene rings is 1. The molecule has 126 valence electrons. The number of hydrogen-bond donors (Lipinski definition) is 1. The normalized spacial score (nSPS) is 14.7. The molecule has 2 amide bonds. The Hall–Kier alpha value is -2.04. The average molecular weight is 318 g/mol. The van der Waals surface area contributed by atoms with Crippen LogP contribution in [0.3, 0.4) is 0 Å². The zero-order valence-corrected chi connectivity index (χ0v) is 14.2. The van der Waals surface area contributed by atoms with Crippen molar-refractivity contribution >= 4 is 11.8 Å². The summed E-state index contributed by atoms with van der Waals surface area (Å²) >= 11 is 0. The van der Waals surface area contributed by atoms with E-state index in [1.807, 2.05) is 24.3 Å². The minimum atomic E-state index is -1.01. The van der Waals surface area contributed by atoms with Gasteiger partial charge in [0.2, 0.25) is 11.8 Å². The number of methoxy groups -OCH3 is 1. The maximum absolute atomic E-state index is 12.5. The molecule has 1 fully saturated rings. The lowest BCUT2D eigenvalue weighted by molar-refractivity contribution is -0.147. The van der Waals surface area contributed by atoms with Gasteiger partial charge in [-0.1, -0.05) is 12.1 Å². The Balaban J connectivity index is 1.83. The number of nitrogens with one attached hydrogen (secondary N) is 1. The van der Waals surface area contributed by atoms with Gasteiger partial charge in [0.1, 0.15) is 11.2 Å². The predicted molar refractivity (Wildman–Crippen MR) is 89.3 cm³/mol. The van der Waals surface area contributed by atoms with Crippen molar-refractivity contribution in [2.75, 3.05) is 26.7 Å². The molecule has 5 nitrogen and oxygen atoms in total. The van der Waals surface area contributed by atoms with Crippen molar-refractivity contribution < 1.29 is 14.3 Å². The Morgan fingerprint density at radius 2 is 1.78 bits per heavy atom. The van der Waals surface area contributed by atoms with Crippen LogP contribution in [0.25, 0.3) is 0 Å². The number of carbonyl (C=O) groups excluding carboxylic acids is 2. The Bertz CT molecular complexity index is 546. The van der Waals surface area contributed by atoms with E-state index in [9.17, 15) is 9.59 Å². The summed E-state index contributed by atoms with van der Waals surface area (Å²) in [6, 6.07) is 7.76. The van der Waals surface area contributed by atoms with Crippen LogP contribution in [0, 0.1) is 5.41 Å². The van der Waals surface area contributed by atoms with Crippen molar-refractivity contribution in [1.82, 2.24) is 10.2 Å². The molecule has 0 spiro atoms. The lowest BCUT2D eigenvalue weighted by Gasteiger charge is -2.28. The number of nitrogens with zero attached hydrogens (tertiary/aromatic N) is 1. The highest BCUT2D eigenvalue weighted by Crippen LogP contribution is 2.22. The van der Waals surface area contributed by atoms with E-state index in [-0.39, 0.29) is 11.8 Å². The van der Waals surface area contributed by atoms with Gasteiger partial charge in [0.25, 0.3) is 0 Å². The van der Waals surface area contributed by atoms with E-state index in [1.165, 1.54) is 0 Å². The molecule has 1 aromatic carbocycles. The molecule has 0 bridgehead atoms. The van der Waals surface area contributed by atoms with E-state index in [2.05, 4.69) is 5.32 Å². The van der Waals surface area contributed by atoms with E-state index >= 15 is 0 Å². The van der Waals surface area contributed by atoms with Crippen LogP contribution in [0.1, 0.15) is 32.3 Å². The summed E-state index contributed by atoms with van der Waals surface area (Å²) in [5.41, 5.74) is 0.110. The number of ether oxygens (including phenoxy) is 1. The van der Waals surface area contributed by atoms with E-state index in [1.54, 1.807) is 25.9 Å². The SMILES string of the molecule is COc1ccc(CCNC(=O)C(C)(C)C(=O)N2CCCC2)cc1. The largest absolute Gasteiger partial charge is 0.497 e. The van der Waals surface area contributed by atoms with Gasteiger partial charge in [-0.3, -0.25) is 9.59 Å². The quantitative estimate of drug-likeness (QED) is 0.816. The first-order valence-electron chi connectivity index (χ1n) is 8.16. The van der Waals surface area contributed by atoms with Crippen LogP contribution in [-0.4, -0.2) is 43.5 Å². The zero-order chi connectivity index (χ0) is 16.9. The summed E-state index contributed by atoms with van der Waals surface area (Å²) in [5.74, 6) is 0.537. The van der Waals surface area contributed by atoms with Gasteiger partial charge in [-0.2, -0.15) is 0 Å². The van der Waals surface area contributed by atoms with E-state index in [0.717, 1.165) is 43.7 Å². The zero-order valence-electron chi connectivity index (χ0n) is 14.2. The fourth-order valence-electron chi connectivity index (χ4n) is 2.75. The van der Waals surface area contributed by atoms with Crippen LogP contribution in [0.4, 0.5) is 0 Å². The smallest absolute Gasteiger partial charge is 0.237 e. The van der Waals surface area contributed by atoms with Gasteiger partial charge in [0, 0.05) is 19.6 Å². The predicted octanol–water partition coefficient (Wildman–Crippen LogP) is 2.00. The van der Waals surface area contributed by atoms with Crippen molar-refractivity contribution in [1.29, 1.82) is 0 Å². The van der Waals surface area contributed by atoms with Crippen LogP contribution in [0.5, 0.6) is 5.75 Å². The molecule has 23 heavy (non-hydrogen) atoms. The van der Waals surface area contributed by atoms with E-state index in [0.29, 0.717) is 6.54 Å². The van der Waals surface area contributed by atoms with Gasteiger partial charge in [-0.15, -0.1) is 0 Å². The highest BCUT2D eigenvalue weighted by molar-refractivity contribution is 6.04. The third-order valence-corrected chi connectivity index (χ3v) is 4.35. The number of carbonyl (C=O) groups is 2. The molecule has 0 radical (unpaired) electrons. The molecule has 5 heteroatoms. The lowest BCUT2D eigenvalue weighted by Crippen LogP contribution is -2.49. The molecule has 1 aliphatic heterocycles. The molecule has 0 unspecified atom stereocenters. The Labute approximate surface area is 138 Å². The summed E-state index contributed by atoms with van der Waals surface area (Å²) in [6.45, 7) is 5.46. The number of rotatable bonds is 6. The van der Waals surface area contributed by atoms with Gasteiger partial charge < -0.3 is 15.0 Å². The van der Waals surface area contributed by atoms with Gasteiger partial charge in [0.15, 0.2) is 0 Å². The summed E-state index contributed by atoms with van der Waals surface area (Å²) in [5, 5.41) is 2.89. The monoisotopic (exact) mass is 318 g/mol. The maximum atomic E-state index is 12.5. The van der Waals surface area contributed by atoms with E-state index < -0.39 is 5.41 Å². The fourth-order valence-corrected chi connectivity index (χ4v) is 2.75. The first-order chi connectivity index (χ1) is 10.9. The minimum absolute atomic E-state index is 0.0723. The van der Waals surface area contributed by atoms with Crippen LogP contribution in [0.2, 0.25) is 0 Å². The fraction of sp³-hybridized carbons (Fsp3) is 0.556. The third-order valence-electron chi connectivity index (χ3n) is 4.35. The molecule has 1 N–H and O–H groups in total. The van der Waals surface area contributed by atoms with Crippen molar-refractivity contribution in [3.8, 4) is 5.75 Å². The number of amides is 2. The van der Waals surface area contributed by atoms with Gasteiger partial charge >= 0.3 is 0 Å². The number of hydrogen-bond acceptors (Lipinski definition) is 3. The molecular weight excluding hydrogens is 292 g/mol. The molecule has 2 rings (SSSR count). The van der Waals surface area contributed by atoms with Crippen LogP contribution >= 0.6 is 0 Å². The maximum Gasteiger partial charge on any atom is 0.237 e. The first-order valence-corrected chi connectivity index (χ1v) is 8.16. The highest BCUT2D eigenvalue weighted by Gasteiger charge is 2.39. The van der Waals surface area contributed by atoms with Crippen LogP contribution in [0.15, 0.2) is 24.3 Å². The second-order valence-electron chi connectivity index (χ2n) is 6.48. The molecule has 1 saturated heterocycles. The Morgan fingerprint density at radius 1 is 1.17 bits per heavy atom. The van der Waals surface area contributed by atoms with Crippen molar-refractivity contribution in [2.24, 2.45) is 5.41 Å². The second-order valence-corrected chi connectivity index (χ2v) is 6.48. The second kappa shape index (κ2) is 7.49. The van der Waals surface area contributed by atoms with Crippen molar-refractivity contribution in [2.45, 2.75) is 33.1 Å². The molecule has 1 heterocycles. The average Bonchev–Trinajstić information content (AvgIpc) is 3.08. The molecule has 0 saturated carbocycles. The lowest BCUT2D eigenvalue weighted by atomic mass is 9.90.